The van der Waals surface area contributed by atoms with Crippen LogP contribution in [-0.4, -0.2) is 19.4 Å². The van der Waals surface area contributed by atoms with Gasteiger partial charge in [-0.1, -0.05) is 20.4 Å². The molecular weight excluding hydrogens is 176 g/mol. The van der Waals surface area contributed by atoms with Crippen molar-refractivity contribution in [2.75, 3.05) is 13.7 Å². The quantitative estimate of drug-likeness (QED) is 0.416. The van der Waals surface area contributed by atoms with Crippen LogP contribution in [0.5, 0.6) is 0 Å². The Bertz CT molecular complexity index is 252. The van der Waals surface area contributed by atoms with E-state index < -0.39 is 0 Å². The Morgan fingerprint density at radius 3 is 2.50 bits per heavy atom. The molecule has 0 aromatic heterocycles. The molecule has 2 N–H and O–H groups in total. The van der Waals surface area contributed by atoms with E-state index in [1.54, 1.807) is 7.05 Å². The first-order valence-corrected chi connectivity index (χ1v) is 4.78. The molecule has 0 rings (SSSR count). The molecule has 3 nitrogen and oxygen atoms in total. The highest BCUT2D eigenvalue weighted by atomic mass is 16.5. The van der Waals surface area contributed by atoms with E-state index in [2.05, 4.69) is 25.4 Å². The largest absolute Gasteiger partial charge is 0.492 e. The van der Waals surface area contributed by atoms with Crippen LogP contribution in [0.1, 0.15) is 20.8 Å². The predicted octanol–water partition coefficient (Wildman–Crippen LogP) is 2.11. The zero-order valence-corrected chi connectivity index (χ0v) is 9.50. The normalized spacial score (nSPS) is 13.2. The summed E-state index contributed by atoms with van der Waals surface area (Å²) in [5, 5.41) is 0. The molecule has 0 unspecified atom stereocenters. The average Bonchev–Trinajstić information content (AvgIpc) is 2.13. The molecule has 0 saturated carbocycles. The van der Waals surface area contributed by atoms with Gasteiger partial charge in [-0.15, -0.1) is 0 Å². The van der Waals surface area contributed by atoms with Crippen LogP contribution >= 0.6 is 0 Å². The number of rotatable bonds is 5. The van der Waals surface area contributed by atoms with Crippen molar-refractivity contribution >= 4 is 5.71 Å². The number of hydrogen-bond acceptors (Lipinski definition) is 3. The van der Waals surface area contributed by atoms with Crippen LogP contribution in [0.3, 0.4) is 0 Å². The first kappa shape index (κ1) is 12.8. The van der Waals surface area contributed by atoms with E-state index in [1.165, 1.54) is 0 Å². The van der Waals surface area contributed by atoms with Crippen LogP contribution < -0.4 is 5.73 Å². The Labute approximate surface area is 86.4 Å². The second-order valence-electron chi connectivity index (χ2n) is 3.26. The molecule has 0 aromatic carbocycles. The molecule has 0 aliphatic carbocycles. The summed E-state index contributed by atoms with van der Waals surface area (Å²) in [6.07, 6.45) is 1.81. The molecule has 0 aliphatic rings. The highest BCUT2D eigenvalue weighted by Gasteiger charge is 2.04. The van der Waals surface area contributed by atoms with Crippen LogP contribution in [0.25, 0.3) is 0 Å². The van der Waals surface area contributed by atoms with Gasteiger partial charge >= 0.3 is 0 Å². The maximum atomic E-state index is 5.77. The zero-order chi connectivity index (χ0) is 11.1. The lowest BCUT2D eigenvalue weighted by Gasteiger charge is -2.09. The van der Waals surface area contributed by atoms with Gasteiger partial charge in [-0.2, -0.15) is 0 Å². The first-order chi connectivity index (χ1) is 6.52. The van der Waals surface area contributed by atoms with Crippen molar-refractivity contribution in [3.05, 3.63) is 24.1 Å². The first-order valence-electron chi connectivity index (χ1n) is 4.78. The summed E-state index contributed by atoms with van der Waals surface area (Å²) < 4.78 is 5.19. The van der Waals surface area contributed by atoms with Crippen molar-refractivity contribution in [2.24, 2.45) is 16.6 Å². The van der Waals surface area contributed by atoms with Gasteiger partial charge in [-0.25, -0.2) is 0 Å². The SMILES string of the molecule is C=C(OCC)/C(N)=C/C(=NC)C(C)C. The molecule has 0 bridgehead atoms. The summed E-state index contributed by atoms with van der Waals surface area (Å²) in [7, 11) is 1.75. The summed E-state index contributed by atoms with van der Waals surface area (Å²) in [5.41, 5.74) is 7.26. The van der Waals surface area contributed by atoms with Gasteiger partial charge in [-0.3, -0.25) is 4.99 Å². The van der Waals surface area contributed by atoms with Gasteiger partial charge in [0.25, 0.3) is 0 Å². The highest BCUT2D eigenvalue weighted by molar-refractivity contribution is 5.97. The number of allylic oxidation sites excluding steroid dienone is 1. The van der Waals surface area contributed by atoms with Gasteiger partial charge in [-0.05, 0) is 18.9 Å². The van der Waals surface area contributed by atoms with E-state index >= 15 is 0 Å². The molecule has 3 heteroatoms. The minimum Gasteiger partial charge on any atom is -0.492 e. The zero-order valence-electron chi connectivity index (χ0n) is 9.50. The summed E-state index contributed by atoms with van der Waals surface area (Å²) in [6.45, 7) is 10.3. The fraction of sp³-hybridized carbons (Fsp3) is 0.545. The smallest absolute Gasteiger partial charge is 0.135 e. The third-order valence-electron chi connectivity index (χ3n) is 1.79. The number of ether oxygens (including phenoxy) is 1. The van der Waals surface area contributed by atoms with E-state index in [-0.39, 0.29) is 0 Å². The van der Waals surface area contributed by atoms with Crippen LogP contribution in [0, 0.1) is 5.92 Å². The Morgan fingerprint density at radius 2 is 2.14 bits per heavy atom. The number of hydrogen-bond donors (Lipinski definition) is 1. The minimum atomic E-state index is 0.355. The summed E-state index contributed by atoms with van der Waals surface area (Å²) in [4.78, 5) is 4.13. The maximum absolute atomic E-state index is 5.77. The second-order valence-corrected chi connectivity index (χ2v) is 3.26. The van der Waals surface area contributed by atoms with Crippen molar-refractivity contribution in [1.29, 1.82) is 0 Å². The molecule has 0 spiro atoms. The molecule has 0 aromatic rings. The van der Waals surface area contributed by atoms with Crippen molar-refractivity contribution < 1.29 is 4.74 Å². The Balaban J connectivity index is 4.57. The van der Waals surface area contributed by atoms with Gasteiger partial charge in [0.1, 0.15) is 5.76 Å². The molecule has 0 fully saturated rings. The molecule has 80 valence electrons. The number of nitrogens with zero attached hydrogens (tertiary/aromatic N) is 1. The summed E-state index contributed by atoms with van der Waals surface area (Å²) in [6, 6.07) is 0. The van der Waals surface area contributed by atoms with E-state index in [4.69, 9.17) is 10.5 Å². The molecule has 0 aliphatic heterocycles. The maximum Gasteiger partial charge on any atom is 0.135 e. The average molecular weight is 196 g/mol. The van der Waals surface area contributed by atoms with E-state index in [0.29, 0.717) is 24.0 Å². The van der Waals surface area contributed by atoms with Crippen molar-refractivity contribution in [3.8, 4) is 0 Å². The predicted molar refractivity (Wildman–Crippen MR) is 61.2 cm³/mol. The third-order valence-corrected chi connectivity index (χ3v) is 1.79. The van der Waals surface area contributed by atoms with Gasteiger partial charge < -0.3 is 10.5 Å². The molecular formula is C11H20N2O. The van der Waals surface area contributed by atoms with Crippen LogP contribution in [0.4, 0.5) is 0 Å². The Morgan fingerprint density at radius 1 is 1.57 bits per heavy atom. The molecule has 0 radical (unpaired) electrons. The molecule has 0 amide bonds. The summed E-state index contributed by atoms with van der Waals surface area (Å²) in [5.74, 6) is 0.863. The number of nitrogens with two attached hydrogens (primary N) is 1. The van der Waals surface area contributed by atoms with Gasteiger partial charge in [0, 0.05) is 12.8 Å². The monoisotopic (exact) mass is 196 g/mol. The van der Waals surface area contributed by atoms with Crippen LogP contribution in [-0.2, 0) is 4.74 Å². The van der Waals surface area contributed by atoms with E-state index in [9.17, 15) is 0 Å². The second kappa shape index (κ2) is 6.24. The van der Waals surface area contributed by atoms with E-state index in [0.717, 1.165) is 5.71 Å². The lowest BCUT2D eigenvalue weighted by atomic mass is 10.1. The Hall–Kier alpha value is -1.25. The summed E-state index contributed by atoms with van der Waals surface area (Å²) >= 11 is 0. The lowest BCUT2D eigenvalue weighted by molar-refractivity contribution is 0.238. The molecule has 14 heavy (non-hydrogen) atoms. The van der Waals surface area contributed by atoms with Crippen LogP contribution in [0.15, 0.2) is 29.1 Å². The van der Waals surface area contributed by atoms with E-state index in [1.807, 2.05) is 13.0 Å². The topological polar surface area (TPSA) is 47.6 Å². The van der Waals surface area contributed by atoms with Crippen molar-refractivity contribution in [1.82, 2.24) is 0 Å². The standard InChI is InChI=1S/C11H20N2O/c1-6-14-9(4)10(12)7-11(13-5)8(2)3/h7-8H,4,6,12H2,1-3,5H3/b10-7-,13-11?. The third kappa shape index (κ3) is 4.12. The molecule has 0 heterocycles. The lowest BCUT2D eigenvalue weighted by Crippen LogP contribution is -2.10. The van der Waals surface area contributed by atoms with Crippen molar-refractivity contribution in [3.63, 3.8) is 0 Å². The van der Waals surface area contributed by atoms with Gasteiger partial charge in [0.2, 0.25) is 0 Å². The fourth-order valence-electron chi connectivity index (χ4n) is 0.987. The van der Waals surface area contributed by atoms with Crippen molar-refractivity contribution in [2.45, 2.75) is 20.8 Å². The van der Waals surface area contributed by atoms with Gasteiger partial charge in [0.05, 0.1) is 12.3 Å². The number of aliphatic imine (C=N–C) groups is 1. The Kier molecular flexibility index (Phi) is 5.68. The van der Waals surface area contributed by atoms with Crippen LogP contribution in [0.2, 0.25) is 0 Å². The molecule has 0 atom stereocenters. The van der Waals surface area contributed by atoms with Gasteiger partial charge in [0.15, 0.2) is 0 Å². The minimum absolute atomic E-state index is 0.355. The fourth-order valence-corrected chi connectivity index (χ4v) is 0.987. The molecule has 0 saturated heterocycles. The highest BCUT2D eigenvalue weighted by Crippen LogP contribution is 2.06.